The van der Waals surface area contributed by atoms with Gasteiger partial charge < -0.3 is 29.3 Å². The fourth-order valence-electron chi connectivity index (χ4n) is 3.59. The molecule has 0 spiro atoms. The van der Waals surface area contributed by atoms with Crippen molar-refractivity contribution in [3.63, 3.8) is 0 Å². The van der Waals surface area contributed by atoms with Crippen molar-refractivity contribution < 1.29 is 23.8 Å². The molecule has 4 rings (SSSR count). The van der Waals surface area contributed by atoms with Crippen molar-refractivity contribution in [3.05, 3.63) is 16.6 Å². The summed E-state index contributed by atoms with van der Waals surface area (Å²) in [5.41, 5.74) is 0.960. The Bertz CT molecular complexity index is 973. The van der Waals surface area contributed by atoms with Crippen LogP contribution in [0.15, 0.2) is 6.07 Å². The number of fused-ring (bicyclic) bond motifs is 1. The first-order chi connectivity index (χ1) is 16.1. The largest absolute Gasteiger partial charge is 0.481 e. The van der Waals surface area contributed by atoms with Crippen LogP contribution < -0.4 is 25.0 Å². The Morgan fingerprint density at radius 2 is 1.97 bits per heavy atom. The summed E-state index contributed by atoms with van der Waals surface area (Å²) in [6, 6.07) is 1.63. The van der Waals surface area contributed by atoms with Crippen LogP contribution in [0, 0.1) is 0 Å². The molecular formula is C20H27N7O5S. The van der Waals surface area contributed by atoms with E-state index in [0.29, 0.717) is 49.7 Å². The van der Waals surface area contributed by atoms with Gasteiger partial charge in [0.25, 0.3) is 0 Å². The second kappa shape index (κ2) is 10.6. The molecule has 0 aliphatic carbocycles. The summed E-state index contributed by atoms with van der Waals surface area (Å²) in [4.78, 5) is 42.4. The Morgan fingerprint density at radius 3 is 2.73 bits per heavy atom. The van der Waals surface area contributed by atoms with E-state index in [1.54, 1.807) is 18.1 Å². The Kier molecular flexibility index (Phi) is 7.40. The smallest absolute Gasteiger partial charge is 0.321 e. The molecule has 2 aromatic heterocycles. The molecule has 33 heavy (non-hydrogen) atoms. The highest BCUT2D eigenvalue weighted by atomic mass is 32.1. The Hall–Kier alpha value is -3.19. The van der Waals surface area contributed by atoms with Gasteiger partial charge in [-0.05, 0) is 0 Å². The van der Waals surface area contributed by atoms with Crippen LogP contribution in [-0.4, -0.2) is 85.4 Å². The molecule has 4 heterocycles. The summed E-state index contributed by atoms with van der Waals surface area (Å²) in [6.07, 6.45) is 0.973. The van der Waals surface area contributed by atoms with Crippen LogP contribution in [0.1, 0.15) is 17.0 Å². The average Bonchev–Trinajstić information content (AvgIpc) is 3.25. The molecule has 3 amide bonds. The summed E-state index contributed by atoms with van der Waals surface area (Å²) >= 11 is 1.42. The molecule has 0 unspecified atom stereocenters. The van der Waals surface area contributed by atoms with Gasteiger partial charge in [-0.15, -0.1) is 0 Å². The molecule has 2 N–H and O–H groups in total. The van der Waals surface area contributed by atoms with Crippen LogP contribution in [0.5, 0.6) is 11.9 Å². The van der Waals surface area contributed by atoms with E-state index >= 15 is 0 Å². The number of rotatable bonds is 7. The van der Waals surface area contributed by atoms with Gasteiger partial charge in [-0.25, -0.2) is 9.78 Å². The predicted octanol–water partition coefficient (Wildman–Crippen LogP) is 0.883. The highest BCUT2D eigenvalue weighted by molar-refractivity contribution is 7.15. The lowest BCUT2D eigenvalue weighted by molar-refractivity contribution is -0.135. The molecule has 2 aliphatic heterocycles. The lowest BCUT2D eigenvalue weighted by Gasteiger charge is -2.27. The first kappa shape index (κ1) is 23.0. The van der Waals surface area contributed by atoms with Crippen molar-refractivity contribution in [2.45, 2.75) is 19.4 Å². The third kappa shape index (κ3) is 5.79. The predicted molar refractivity (Wildman–Crippen MR) is 121 cm³/mol. The van der Waals surface area contributed by atoms with Crippen LogP contribution in [0.3, 0.4) is 0 Å². The van der Waals surface area contributed by atoms with Gasteiger partial charge in [0.2, 0.25) is 11.8 Å². The fourth-order valence-corrected chi connectivity index (χ4v) is 4.61. The van der Waals surface area contributed by atoms with Gasteiger partial charge in [-0.2, -0.15) is 9.97 Å². The van der Waals surface area contributed by atoms with Crippen molar-refractivity contribution in [3.8, 4) is 11.9 Å². The molecule has 2 aromatic rings. The molecular weight excluding hydrogens is 450 g/mol. The van der Waals surface area contributed by atoms with Crippen LogP contribution in [0.2, 0.25) is 0 Å². The maximum atomic E-state index is 12.3. The van der Waals surface area contributed by atoms with Gasteiger partial charge in [0, 0.05) is 50.0 Å². The molecule has 0 atom stereocenters. The van der Waals surface area contributed by atoms with E-state index in [-0.39, 0.29) is 30.9 Å². The molecule has 0 bridgehead atoms. The Labute approximate surface area is 195 Å². The van der Waals surface area contributed by atoms with Crippen molar-refractivity contribution in [2.75, 3.05) is 63.8 Å². The second-order valence-electron chi connectivity index (χ2n) is 7.44. The van der Waals surface area contributed by atoms with E-state index in [1.165, 1.54) is 18.4 Å². The summed E-state index contributed by atoms with van der Waals surface area (Å²) in [7, 11) is 3.06. The number of urea groups is 1. The molecule has 1 saturated heterocycles. The van der Waals surface area contributed by atoms with Crippen molar-refractivity contribution in [2.24, 2.45) is 0 Å². The number of amides is 3. The Balaban J connectivity index is 1.29. The maximum absolute atomic E-state index is 12.3. The number of nitrogens with one attached hydrogen (secondary N) is 2. The fraction of sp³-hybridized carbons (Fsp3) is 0.550. The van der Waals surface area contributed by atoms with Gasteiger partial charge in [-0.3, -0.25) is 10.1 Å². The van der Waals surface area contributed by atoms with Gasteiger partial charge >= 0.3 is 12.0 Å². The summed E-state index contributed by atoms with van der Waals surface area (Å²) in [5, 5.41) is 6.02. The normalized spacial score (nSPS) is 15.6. The van der Waals surface area contributed by atoms with Gasteiger partial charge in [0.1, 0.15) is 5.82 Å². The number of hydrogen-bond acceptors (Lipinski definition) is 10. The van der Waals surface area contributed by atoms with Crippen LogP contribution >= 0.6 is 11.3 Å². The average molecular weight is 478 g/mol. The van der Waals surface area contributed by atoms with Crippen molar-refractivity contribution >= 4 is 34.2 Å². The van der Waals surface area contributed by atoms with E-state index in [9.17, 15) is 9.59 Å². The van der Waals surface area contributed by atoms with Crippen LogP contribution in [0.25, 0.3) is 0 Å². The number of anilines is 2. The Morgan fingerprint density at radius 1 is 1.15 bits per heavy atom. The number of methoxy groups -OCH3 is 2. The number of carbonyl (C=O) groups excluding carboxylic acids is 2. The van der Waals surface area contributed by atoms with Gasteiger partial charge in [0.05, 0.1) is 39.7 Å². The van der Waals surface area contributed by atoms with Gasteiger partial charge in [0.15, 0.2) is 5.13 Å². The van der Waals surface area contributed by atoms with E-state index in [1.807, 2.05) is 0 Å². The highest BCUT2D eigenvalue weighted by Crippen LogP contribution is 2.31. The molecule has 13 heteroatoms. The van der Waals surface area contributed by atoms with E-state index in [2.05, 4.69) is 30.5 Å². The number of ether oxygens (including phenoxy) is 3. The number of hydrogen-bond donors (Lipinski definition) is 2. The van der Waals surface area contributed by atoms with Crippen molar-refractivity contribution in [1.82, 2.24) is 25.2 Å². The molecule has 0 aromatic carbocycles. The lowest BCUT2D eigenvalue weighted by atomic mass is 10.2. The minimum atomic E-state index is -0.377. The molecule has 1 fully saturated rings. The summed E-state index contributed by atoms with van der Waals surface area (Å²) in [5.74, 6) is 1.15. The number of morpholine rings is 1. The zero-order valence-corrected chi connectivity index (χ0v) is 19.4. The maximum Gasteiger partial charge on any atom is 0.321 e. The number of aromatic nitrogens is 3. The second-order valence-corrected chi connectivity index (χ2v) is 8.52. The molecule has 2 aliphatic rings. The lowest BCUT2D eigenvalue weighted by Crippen LogP contribution is -2.42. The minimum Gasteiger partial charge on any atom is -0.481 e. The quantitative estimate of drug-likeness (QED) is 0.597. The van der Waals surface area contributed by atoms with E-state index in [4.69, 9.17) is 14.2 Å². The SMILES string of the molecule is COc1cc(N2CCc3nc(NC(=O)NCCC(=O)N4CCOCC4)sc3C2)nc(OC)n1. The third-order valence-electron chi connectivity index (χ3n) is 5.32. The van der Waals surface area contributed by atoms with Crippen LogP contribution in [-0.2, 0) is 22.5 Å². The standard InChI is InChI=1S/C20H27N7O5S/c1-30-16-11-15(23-19(24-16)31-2)27-6-4-13-14(12-27)33-20(22-13)25-18(29)21-5-3-17(28)26-7-9-32-10-8-26/h11H,3-10,12H2,1-2H3,(H2,21,22,25,29). The topological polar surface area (TPSA) is 131 Å². The monoisotopic (exact) mass is 477 g/mol. The summed E-state index contributed by atoms with van der Waals surface area (Å²) in [6.45, 7) is 3.90. The number of carbonyl (C=O) groups is 2. The van der Waals surface area contributed by atoms with Crippen molar-refractivity contribution in [1.29, 1.82) is 0 Å². The van der Waals surface area contributed by atoms with E-state index in [0.717, 1.165) is 23.5 Å². The van der Waals surface area contributed by atoms with Gasteiger partial charge in [-0.1, -0.05) is 11.3 Å². The third-order valence-corrected chi connectivity index (χ3v) is 6.32. The first-order valence-electron chi connectivity index (χ1n) is 10.7. The molecule has 0 saturated carbocycles. The number of thiazole rings is 1. The summed E-state index contributed by atoms with van der Waals surface area (Å²) < 4.78 is 15.6. The first-order valence-corrected chi connectivity index (χ1v) is 11.5. The molecule has 12 nitrogen and oxygen atoms in total. The zero-order valence-electron chi connectivity index (χ0n) is 18.6. The van der Waals surface area contributed by atoms with E-state index < -0.39 is 0 Å². The number of nitrogens with zero attached hydrogens (tertiary/aromatic N) is 5. The minimum absolute atomic E-state index is 0.0152. The zero-order chi connectivity index (χ0) is 23.2. The molecule has 0 radical (unpaired) electrons. The molecule has 178 valence electrons. The van der Waals surface area contributed by atoms with Crippen LogP contribution in [0.4, 0.5) is 15.7 Å². The highest BCUT2D eigenvalue weighted by Gasteiger charge is 2.24.